The molecule has 0 aromatic carbocycles. The summed E-state index contributed by atoms with van der Waals surface area (Å²) in [5.74, 6) is -0.240. The summed E-state index contributed by atoms with van der Waals surface area (Å²) in [7, 11) is 0. The van der Waals surface area contributed by atoms with Gasteiger partial charge in [0.15, 0.2) is 6.61 Å². The Balaban J connectivity index is 2.19. The molecule has 2 N–H and O–H groups in total. The summed E-state index contributed by atoms with van der Waals surface area (Å²) in [5, 5.41) is 10.1. The van der Waals surface area contributed by atoms with Gasteiger partial charge in [-0.1, -0.05) is 0 Å². The van der Waals surface area contributed by atoms with E-state index in [2.05, 4.69) is 15.1 Å². The SMILES string of the molecule is O=C(NCCCO[N+](=O)O)c1cccnc1. The van der Waals surface area contributed by atoms with E-state index in [1.165, 1.54) is 6.20 Å². The van der Waals surface area contributed by atoms with Crippen LogP contribution in [0.3, 0.4) is 0 Å². The highest BCUT2D eigenvalue weighted by Gasteiger charge is 2.06. The Morgan fingerprint density at radius 2 is 2.44 bits per heavy atom. The molecule has 0 saturated carbocycles. The van der Waals surface area contributed by atoms with Gasteiger partial charge in [-0.3, -0.25) is 9.78 Å². The number of aromatic nitrogens is 1. The van der Waals surface area contributed by atoms with Crippen LogP contribution in [0.1, 0.15) is 16.8 Å². The number of hydrogen-bond donors (Lipinski definition) is 2. The van der Waals surface area contributed by atoms with E-state index >= 15 is 0 Å². The zero-order valence-electron chi connectivity index (χ0n) is 8.50. The Morgan fingerprint density at radius 1 is 1.62 bits per heavy atom. The van der Waals surface area contributed by atoms with E-state index in [0.717, 1.165) is 0 Å². The topological polar surface area (TPSA) is 91.5 Å². The Morgan fingerprint density at radius 3 is 3.06 bits per heavy atom. The normalized spacial score (nSPS) is 9.50. The van der Waals surface area contributed by atoms with E-state index < -0.39 is 5.09 Å². The largest absolute Gasteiger partial charge is 0.475 e. The molecule has 0 atom stereocenters. The molecule has 1 heterocycles. The van der Waals surface area contributed by atoms with Crippen LogP contribution in [-0.4, -0.2) is 34.3 Å². The molecular weight excluding hydrogens is 214 g/mol. The third-order valence-electron chi connectivity index (χ3n) is 1.73. The number of amides is 1. The van der Waals surface area contributed by atoms with Gasteiger partial charge in [0.2, 0.25) is 0 Å². The molecule has 1 amide bonds. The number of pyridine rings is 1. The lowest BCUT2D eigenvalue weighted by molar-refractivity contribution is -0.975. The molecule has 0 spiro atoms. The van der Waals surface area contributed by atoms with Gasteiger partial charge in [-0.2, -0.15) is 4.84 Å². The fourth-order valence-electron chi connectivity index (χ4n) is 1.02. The van der Waals surface area contributed by atoms with Gasteiger partial charge in [0, 0.05) is 25.4 Å². The molecule has 7 nitrogen and oxygen atoms in total. The van der Waals surface area contributed by atoms with Crippen molar-refractivity contribution in [2.24, 2.45) is 0 Å². The van der Waals surface area contributed by atoms with E-state index in [9.17, 15) is 9.70 Å². The molecule has 0 aliphatic rings. The van der Waals surface area contributed by atoms with Gasteiger partial charge in [0.25, 0.3) is 5.91 Å². The van der Waals surface area contributed by atoms with Crippen LogP contribution in [0.4, 0.5) is 0 Å². The molecule has 0 saturated heterocycles. The first kappa shape index (κ1) is 11.9. The number of carbonyl (C=O) groups excluding carboxylic acids is 1. The molecule has 1 aromatic rings. The summed E-state index contributed by atoms with van der Waals surface area (Å²) in [6, 6.07) is 3.31. The summed E-state index contributed by atoms with van der Waals surface area (Å²) in [5.41, 5.74) is 0.469. The van der Waals surface area contributed by atoms with Crippen LogP contribution in [0.2, 0.25) is 0 Å². The predicted molar refractivity (Wildman–Crippen MR) is 52.6 cm³/mol. The third kappa shape index (κ3) is 4.36. The molecule has 0 fully saturated rings. The van der Waals surface area contributed by atoms with E-state index in [4.69, 9.17) is 5.21 Å². The van der Waals surface area contributed by atoms with Crippen molar-refractivity contribution in [2.75, 3.05) is 13.2 Å². The molecule has 0 radical (unpaired) electrons. The summed E-state index contributed by atoms with van der Waals surface area (Å²) >= 11 is 0. The van der Waals surface area contributed by atoms with Crippen LogP contribution in [0, 0.1) is 4.91 Å². The zero-order chi connectivity index (χ0) is 11.8. The molecular formula is C9H12N3O4+. The Labute approximate surface area is 91.5 Å². The third-order valence-corrected chi connectivity index (χ3v) is 1.73. The molecule has 16 heavy (non-hydrogen) atoms. The maximum atomic E-state index is 11.4. The van der Waals surface area contributed by atoms with Crippen LogP contribution in [0.15, 0.2) is 24.5 Å². The van der Waals surface area contributed by atoms with Crippen LogP contribution < -0.4 is 5.32 Å². The second-order valence-corrected chi connectivity index (χ2v) is 2.92. The minimum absolute atomic E-state index is 0.0350. The number of nitrogens with one attached hydrogen (secondary N) is 1. The van der Waals surface area contributed by atoms with Gasteiger partial charge in [0.1, 0.15) is 4.91 Å². The predicted octanol–water partition coefficient (Wildman–Crippen LogP) is 0.301. The average Bonchev–Trinajstić information content (AvgIpc) is 2.29. The van der Waals surface area contributed by atoms with Crippen molar-refractivity contribution in [3.8, 4) is 0 Å². The van der Waals surface area contributed by atoms with Crippen LogP contribution in [0.25, 0.3) is 0 Å². The van der Waals surface area contributed by atoms with Crippen LogP contribution in [-0.2, 0) is 4.84 Å². The molecule has 0 unspecified atom stereocenters. The number of nitrogens with zero attached hydrogens (tertiary/aromatic N) is 2. The lowest BCUT2D eigenvalue weighted by atomic mass is 10.2. The van der Waals surface area contributed by atoms with Gasteiger partial charge in [-0.15, -0.1) is 0 Å². The van der Waals surface area contributed by atoms with E-state index in [0.29, 0.717) is 18.5 Å². The Hall–Kier alpha value is -2.18. The molecule has 7 heteroatoms. The highest BCUT2D eigenvalue weighted by Crippen LogP contribution is 1.94. The van der Waals surface area contributed by atoms with Crippen molar-refractivity contribution in [2.45, 2.75) is 6.42 Å². The van der Waals surface area contributed by atoms with E-state index in [1.54, 1.807) is 18.3 Å². The number of hydrogen-bond acceptors (Lipinski definition) is 4. The highest BCUT2D eigenvalue weighted by atomic mass is 16.9. The second kappa shape index (κ2) is 6.33. The zero-order valence-corrected chi connectivity index (χ0v) is 8.50. The lowest BCUT2D eigenvalue weighted by Crippen LogP contribution is -2.25. The minimum atomic E-state index is -0.608. The van der Waals surface area contributed by atoms with Gasteiger partial charge >= 0.3 is 5.09 Å². The Kier molecular flexibility index (Phi) is 4.71. The van der Waals surface area contributed by atoms with E-state index in [1.807, 2.05) is 0 Å². The molecule has 0 aliphatic heterocycles. The standard InChI is InChI=1S/C9H11N3O4/c13-9(8-3-1-4-10-7-8)11-5-2-6-16-12(14)15/h1,3-4,7H,2,5-6H2,(H-,11,13,14,15)/p+1. The van der Waals surface area contributed by atoms with Crippen LogP contribution in [0.5, 0.6) is 0 Å². The van der Waals surface area contributed by atoms with Crippen molar-refractivity contribution in [1.82, 2.24) is 10.3 Å². The smallest absolute Gasteiger partial charge is 0.352 e. The fraction of sp³-hybridized carbons (Fsp3) is 0.333. The number of rotatable bonds is 6. The van der Waals surface area contributed by atoms with Crippen molar-refractivity contribution >= 4 is 5.91 Å². The van der Waals surface area contributed by atoms with Gasteiger partial charge in [0.05, 0.1) is 5.56 Å². The average molecular weight is 226 g/mol. The van der Waals surface area contributed by atoms with E-state index in [-0.39, 0.29) is 12.5 Å². The highest BCUT2D eigenvalue weighted by molar-refractivity contribution is 5.93. The Bertz CT molecular complexity index is 355. The summed E-state index contributed by atoms with van der Waals surface area (Å²) < 4.78 is 0. The van der Waals surface area contributed by atoms with Gasteiger partial charge in [-0.05, 0) is 12.1 Å². The monoisotopic (exact) mass is 226 g/mol. The minimum Gasteiger partial charge on any atom is -0.352 e. The lowest BCUT2D eigenvalue weighted by Gasteiger charge is -2.02. The van der Waals surface area contributed by atoms with Gasteiger partial charge < -0.3 is 5.32 Å². The first-order chi connectivity index (χ1) is 7.70. The van der Waals surface area contributed by atoms with Crippen LogP contribution >= 0.6 is 0 Å². The van der Waals surface area contributed by atoms with Gasteiger partial charge in [-0.25, -0.2) is 5.21 Å². The molecule has 1 rings (SSSR count). The van der Waals surface area contributed by atoms with Crippen molar-refractivity contribution in [1.29, 1.82) is 0 Å². The molecule has 0 bridgehead atoms. The summed E-state index contributed by atoms with van der Waals surface area (Å²) in [6.45, 7) is 0.384. The first-order valence-electron chi connectivity index (χ1n) is 4.67. The number of carbonyl (C=O) groups is 1. The second-order valence-electron chi connectivity index (χ2n) is 2.92. The summed E-state index contributed by atoms with van der Waals surface area (Å²) in [6.07, 6.45) is 3.46. The first-order valence-corrected chi connectivity index (χ1v) is 4.67. The van der Waals surface area contributed by atoms with Crippen molar-refractivity contribution in [3.63, 3.8) is 0 Å². The molecule has 86 valence electrons. The molecule has 1 aromatic heterocycles. The quantitative estimate of drug-likeness (QED) is 0.537. The molecule has 0 aliphatic carbocycles. The maximum Gasteiger partial charge on any atom is 0.475 e. The van der Waals surface area contributed by atoms with Crippen molar-refractivity contribution < 1.29 is 19.9 Å². The van der Waals surface area contributed by atoms with Crippen molar-refractivity contribution in [3.05, 3.63) is 35.0 Å². The maximum absolute atomic E-state index is 11.4. The fourth-order valence-corrected chi connectivity index (χ4v) is 1.02. The summed E-state index contributed by atoms with van der Waals surface area (Å²) in [4.78, 5) is 29.4.